The zero-order chi connectivity index (χ0) is 21.9. The Labute approximate surface area is 181 Å². The predicted octanol–water partition coefficient (Wildman–Crippen LogP) is 3.77. The number of benzene rings is 2. The Kier molecular flexibility index (Phi) is 7.00. The number of nitrogens with one attached hydrogen (secondary N) is 1. The van der Waals surface area contributed by atoms with Gasteiger partial charge in [0.2, 0.25) is 15.9 Å². The standard InChI is InChI=1S/C21H24ClFN2O4S/c1-14(15-5-8-18(23)9-6-15)24-21(26)16-4-3-11-25(13-16)30(27,28)20-12-17(22)7-10-19(20)29-2/h5-10,12,14,16H,3-4,11,13H2,1-2H3,(H,24,26)/t14-,16-/m0/s1. The van der Waals surface area contributed by atoms with Crippen molar-refractivity contribution in [1.82, 2.24) is 9.62 Å². The third-order valence-electron chi connectivity index (χ3n) is 5.23. The smallest absolute Gasteiger partial charge is 0.246 e. The average molecular weight is 455 g/mol. The molecule has 30 heavy (non-hydrogen) atoms. The predicted molar refractivity (Wildman–Crippen MR) is 112 cm³/mol. The van der Waals surface area contributed by atoms with Crippen LogP contribution >= 0.6 is 11.6 Å². The summed E-state index contributed by atoms with van der Waals surface area (Å²) in [5.41, 5.74) is 0.772. The van der Waals surface area contributed by atoms with Crippen molar-refractivity contribution in [2.45, 2.75) is 30.7 Å². The molecule has 2 atom stereocenters. The number of hydrogen-bond acceptors (Lipinski definition) is 4. The Bertz CT molecular complexity index is 1010. The highest BCUT2D eigenvalue weighted by atomic mass is 35.5. The van der Waals surface area contributed by atoms with Gasteiger partial charge in [-0.15, -0.1) is 0 Å². The number of methoxy groups -OCH3 is 1. The molecule has 0 saturated carbocycles. The van der Waals surface area contributed by atoms with Crippen LogP contribution in [0.5, 0.6) is 5.75 Å². The molecule has 0 bridgehead atoms. The minimum atomic E-state index is -3.88. The monoisotopic (exact) mass is 454 g/mol. The first-order valence-electron chi connectivity index (χ1n) is 9.62. The molecule has 9 heteroatoms. The van der Waals surface area contributed by atoms with E-state index in [1.54, 1.807) is 25.1 Å². The molecule has 1 N–H and O–H groups in total. The number of amides is 1. The molecule has 0 aromatic heterocycles. The zero-order valence-corrected chi connectivity index (χ0v) is 18.3. The highest BCUT2D eigenvalue weighted by Crippen LogP contribution is 2.32. The molecular weight excluding hydrogens is 431 g/mol. The SMILES string of the molecule is COc1ccc(Cl)cc1S(=O)(=O)N1CCC[C@H](C(=O)N[C@@H](C)c2ccc(F)cc2)C1. The van der Waals surface area contributed by atoms with Crippen molar-refractivity contribution in [3.63, 3.8) is 0 Å². The highest BCUT2D eigenvalue weighted by molar-refractivity contribution is 7.89. The van der Waals surface area contributed by atoms with E-state index in [-0.39, 0.29) is 40.0 Å². The summed E-state index contributed by atoms with van der Waals surface area (Å²) in [5.74, 6) is -0.857. The lowest BCUT2D eigenvalue weighted by Gasteiger charge is -2.32. The Morgan fingerprint density at radius 1 is 1.27 bits per heavy atom. The van der Waals surface area contributed by atoms with Crippen LogP contribution < -0.4 is 10.1 Å². The fourth-order valence-corrected chi connectivity index (χ4v) is 5.47. The van der Waals surface area contributed by atoms with E-state index in [0.717, 1.165) is 5.56 Å². The fourth-order valence-electron chi connectivity index (χ4n) is 3.53. The molecule has 162 valence electrons. The number of ether oxygens (including phenoxy) is 1. The van der Waals surface area contributed by atoms with Crippen LogP contribution in [-0.4, -0.2) is 38.8 Å². The Balaban J connectivity index is 1.73. The number of sulfonamides is 1. The molecule has 0 radical (unpaired) electrons. The summed E-state index contributed by atoms with van der Waals surface area (Å²) in [7, 11) is -2.48. The van der Waals surface area contributed by atoms with Gasteiger partial charge in [-0.3, -0.25) is 4.79 Å². The normalized spacial score (nSPS) is 18.6. The van der Waals surface area contributed by atoms with Crippen LogP contribution in [0.15, 0.2) is 47.4 Å². The van der Waals surface area contributed by atoms with Gasteiger partial charge in [0.15, 0.2) is 0 Å². The van der Waals surface area contributed by atoms with Crippen molar-refractivity contribution in [3.8, 4) is 5.75 Å². The quantitative estimate of drug-likeness (QED) is 0.721. The average Bonchev–Trinajstić information content (AvgIpc) is 2.74. The van der Waals surface area contributed by atoms with E-state index in [4.69, 9.17) is 16.3 Å². The van der Waals surface area contributed by atoms with Crippen LogP contribution in [0.3, 0.4) is 0 Å². The van der Waals surface area contributed by atoms with Crippen molar-refractivity contribution in [1.29, 1.82) is 0 Å². The summed E-state index contributed by atoms with van der Waals surface area (Å²) in [6, 6.07) is 10.0. The Morgan fingerprint density at radius 3 is 2.63 bits per heavy atom. The molecule has 1 aliphatic rings. The summed E-state index contributed by atoms with van der Waals surface area (Å²) < 4.78 is 46.0. The van der Waals surface area contributed by atoms with Crippen LogP contribution in [0.25, 0.3) is 0 Å². The summed E-state index contributed by atoms with van der Waals surface area (Å²) in [5, 5.41) is 3.19. The van der Waals surface area contributed by atoms with E-state index in [1.807, 2.05) is 0 Å². The lowest BCUT2D eigenvalue weighted by Crippen LogP contribution is -2.45. The maximum Gasteiger partial charge on any atom is 0.246 e. The maximum atomic E-state index is 13.2. The van der Waals surface area contributed by atoms with Crippen LogP contribution in [0.2, 0.25) is 5.02 Å². The summed E-state index contributed by atoms with van der Waals surface area (Å²) in [4.78, 5) is 12.8. The number of piperidine rings is 1. The molecule has 3 rings (SSSR count). The summed E-state index contributed by atoms with van der Waals surface area (Å²) in [6.07, 6.45) is 1.14. The summed E-state index contributed by atoms with van der Waals surface area (Å²) in [6.45, 7) is 2.19. The molecule has 2 aromatic rings. The van der Waals surface area contributed by atoms with Crippen molar-refractivity contribution in [2.75, 3.05) is 20.2 Å². The molecule has 0 spiro atoms. The fraction of sp³-hybridized carbons (Fsp3) is 0.381. The number of carbonyl (C=O) groups excluding carboxylic acids is 1. The second-order valence-electron chi connectivity index (χ2n) is 7.28. The van der Waals surface area contributed by atoms with Gasteiger partial charge in [0.1, 0.15) is 16.5 Å². The largest absolute Gasteiger partial charge is 0.495 e. The van der Waals surface area contributed by atoms with E-state index in [2.05, 4.69) is 5.32 Å². The molecule has 1 heterocycles. The third-order valence-corrected chi connectivity index (χ3v) is 7.35. The lowest BCUT2D eigenvalue weighted by molar-refractivity contribution is -0.126. The molecule has 2 aromatic carbocycles. The summed E-state index contributed by atoms with van der Waals surface area (Å²) >= 11 is 6.00. The van der Waals surface area contributed by atoms with Gasteiger partial charge in [-0.2, -0.15) is 4.31 Å². The molecule has 6 nitrogen and oxygen atoms in total. The molecule has 1 saturated heterocycles. The van der Waals surface area contributed by atoms with E-state index < -0.39 is 15.9 Å². The third kappa shape index (κ3) is 4.94. The molecule has 0 aliphatic carbocycles. The first-order valence-corrected chi connectivity index (χ1v) is 11.4. The van der Waals surface area contributed by atoms with Crippen molar-refractivity contribution < 1.29 is 22.3 Å². The van der Waals surface area contributed by atoms with Crippen LogP contribution in [-0.2, 0) is 14.8 Å². The van der Waals surface area contributed by atoms with Gasteiger partial charge in [0, 0.05) is 18.1 Å². The van der Waals surface area contributed by atoms with Gasteiger partial charge in [0.05, 0.1) is 19.1 Å². The zero-order valence-electron chi connectivity index (χ0n) is 16.8. The number of carbonyl (C=O) groups is 1. The first-order chi connectivity index (χ1) is 14.2. The van der Waals surface area contributed by atoms with Gasteiger partial charge in [0.25, 0.3) is 0 Å². The van der Waals surface area contributed by atoms with E-state index in [9.17, 15) is 17.6 Å². The number of halogens is 2. The first kappa shape index (κ1) is 22.5. The van der Waals surface area contributed by atoms with E-state index in [1.165, 1.54) is 35.7 Å². The van der Waals surface area contributed by atoms with Gasteiger partial charge in [-0.25, -0.2) is 12.8 Å². The lowest BCUT2D eigenvalue weighted by atomic mass is 9.98. The Morgan fingerprint density at radius 2 is 1.97 bits per heavy atom. The number of nitrogens with zero attached hydrogens (tertiary/aromatic N) is 1. The molecular formula is C21H24ClFN2O4S. The van der Waals surface area contributed by atoms with E-state index in [0.29, 0.717) is 19.4 Å². The molecule has 1 fully saturated rings. The molecule has 0 unspecified atom stereocenters. The van der Waals surface area contributed by atoms with Gasteiger partial charge in [-0.1, -0.05) is 23.7 Å². The molecule has 1 amide bonds. The van der Waals surface area contributed by atoms with Crippen molar-refractivity contribution >= 4 is 27.5 Å². The van der Waals surface area contributed by atoms with Crippen LogP contribution in [0.4, 0.5) is 4.39 Å². The molecule has 1 aliphatic heterocycles. The van der Waals surface area contributed by atoms with Gasteiger partial charge in [-0.05, 0) is 55.7 Å². The van der Waals surface area contributed by atoms with Crippen LogP contribution in [0.1, 0.15) is 31.4 Å². The number of rotatable bonds is 6. The van der Waals surface area contributed by atoms with Crippen molar-refractivity contribution in [3.05, 3.63) is 58.9 Å². The van der Waals surface area contributed by atoms with Crippen molar-refractivity contribution in [2.24, 2.45) is 5.92 Å². The minimum absolute atomic E-state index is 0.0155. The topological polar surface area (TPSA) is 75.7 Å². The Hall–Kier alpha value is -2.16. The van der Waals surface area contributed by atoms with E-state index >= 15 is 0 Å². The van der Waals surface area contributed by atoms with Gasteiger partial charge < -0.3 is 10.1 Å². The highest BCUT2D eigenvalue weighted by Gasteiger charge is 2.35. The minimum Gasteiger partial charge on any atom is -0.495 e. The van der Waals surface area contributed by atoms with Crippen LogP contribution in [0, 0.1) is 11.7 Å². The van der Waals surface area contributed by atoms with Gasteiger partial charge >= 0.3 is 0 Å². The second-order valence-corrected chi connectivity index (χ2v) is 9.62. The maximum absolute atomic E-state index is 13.2. The second kappa shape index (κ2) is 9.32. The number of hydrogen-bond donors (Lipinski definition) is 1.